The number of carbonyl (C=O) groups is 1. The van der Waals surface area contributed by atoms with E-state index in [1.807, 2.05) is 0 Å². The Kier molecular flexibility index (Phi) is 4.42. The highest BCUT2D eigenvalue weighted by Gasteiger charge is 2.21. The Bertz CT molecular complexity index is 772. The van der Waals surface area contributed by atoms with E-state index in [1.54, 1.807) is 24.1 Å². The zero-order chi connectivity index (χ0) is 17.3. The van der Waals surface area contributed by atoms with Gasteiger partial charge in [-0.05, 0) is 30.5 Å². The lowest BCUT2D eigenvalue weighted by Crippen LogP contribution is -2.31. The van der Waals surface area contributed by atoms with Crippen molar-refractivity contribution in [1.29, 1.82) is 0 Å². The van der Waals surface area contributed by atoms with Gasteiger partial charge in [0.15, 0.2) is 17.5 Å². The largest absolute Gasteiger partial charge is 0.461 e. The smallest absolute Gasteiger partial charge is 0.356 e. The number of halogens is 3. The van der Waals surface area contributed by atoms with E-state index in [1.165, 1.54) is 0 Å². The lowest BCUT2D eigenvalue weighted by Gasteiger charge is -2.30. The summed E-state index contributed by atoms with van der Waals surface area (Å²) in [6.45, 7) is 2.85. The maximum atomic E-state index is 13.4. The lowest BCUT2D eigenvalue weighted by molar-refractivity contribution is 0.0519. The Balaban J connectivity index is 1.84. The third kappa shape index (κ3) is 3.06. The van der Waals surface area contributed by atoms with Crippen LogP contribution in [0.25, 0.3) is 0 Å². The van der Waals surface area contributed by atoms with Gasteiger partial charge in [0, 0.05) is 37.1 Å². The van der Waals surface area contributed by atoms with Crippen LogP contribution in [0.15, 0.2) is 24.4 Å². The van der Waals surface area contributed by atoms with E-state index in [0.717, 1.165) is 23.3 Å². The summed E-state index contributed by atoms with van der Waals surface area (Å²) in [6.07, 6.45) is 2.13. The van der Waals surface area contributed by atoms with Crippen molar-refractivity contribution in [3.05, 3.63) is 58.7 Å². The molecule has 0 N–H and O–H groups in total. The molecule has 7 heteroatoms. The van der Waals surface area contributed by atoms with Crippen molar-refractivity contribution in [2.75, 3.05) is 18.1 Å². The monoisotopic (exact) mass is 336 g/mol. The van der Waals surface area contributed by atoms with Crippen molar-refractivity contribution < 1.29 is 22.7 Å². The molecular weight excluding hydrogens is 321 g/mol. The number of nitrogens with zero attached hydrogens (tertiary/aromatic N) is 2. The molecular formula is C17H15F3N2O2. The van der Waals surface area contributed by atoms with E-state index in [9.17, 15) is 18.0 Å². The number of anilines is 1. The van der Waals surface area contributed by atoms with Gasteiger partial charge in [0.25, 0.3) is 0 Å². The Morgan fingerprint density at radius 1 is 1.21 bits per heavy atom. The Hall–Kier alpha value is -2.57. The number of rotatable bonds is 3. The number of esters is 1. The average Bonchev–Trinajstić information content (AvgIpc) is 2.58. The van der Waals surface area contributed by atoms with Crippen molar-refractivity contribution in [2.24, 2.45) is 0 Å². The van der Waals surface area contributed by atoms with Crippen LogP contribution in [0.3, 0.4) is 0 Å². The van der Waals surface area contributed by atoms with E-state index >= 15 is 0 Å². The van der Waals surface area contributed by atoms with Crippen LogP contribution in [0, 0.1) is 17.5 Å². The fourth-order valence-electron chi connectivity index (χ4n) is 2.70. The molecule has 0 saturated carbocycles. The molecule has 2 aromatic rings. The van der Waals surface area contributed by atoms with Gasteiger partial charge in [-0.2, -0.15) is 0 Å². The quantitative estimate of drug-likeness (QED) is 0.637. The number of fused-ring (bicyclic) bond motifs is 1. The number of pyridine rings is 1. The third-order valence-electron chi connectivity index (χ3n) is 3.91. The third-order valence-corrected chi connectivity index (χ3v) is 3.91. The minimum Gasteiger partial charge on any atom is -0.461 e. The van der Waals surface area contributed by atoms with Crippen LogP contribution in [0.5, 0.6) is 0 Å². The van der Waals surface area contributed by atoms with Gasteiger partial charge >= 0.3 is 5.97 Å². The topological polar surface area (TPSA) is 42.4 Å². The summed E-state index contributed by atoms with van der Waals surface area (Å²) in [5.41, 5.74) is 2.29. The van der Waals surface area contributed by atoms with Crippen molar-refractivity contribution in [2.45, 2.75) is 19.9 Å². The molecule has 0 radical (unpaired) electrons. The van der Waals surface area contributed by atoms with E-state index in [2.05, 4.69) is 4.98 Å². The molecule has 0 unspecified atom stereocenters. The van der Waals surface area contributed by atoms with Crippen molar-refractivity contribution in [1.82, 2.24) is 4.98 Å². The summed E-state index contributed by atoms with van der Waals surface area (Å²) in [4.78, 5) is 17.5. The summed E-state index contributed by atoms with van der Waals surface area (Å²) in [6, 6.07) is 3.63. The molecule has 24 heavy (non-hydrogen) atoms. The van der Waals surface area contributed by atoms with Crippen LogP contribution in [0.1, 0.15) is 28.5 Å². The van der Waals surface area contributed by atoms with Gasteiger partial charge in [-0.1, -0.05) is 0 Å². The number of hydrogen-bond acceptors (Lipinski definition) is 4. The van der Waals surface area contributed by atoms with Crippen LogP contribution in [-0.2, 0) is 17.7 Å². The van der Waals surface area contributed by atoms with Crippen molar-refractivity contribution in [3.63, 3.8) is 0 Å². The van der Waals surface area contributed by atoms with Crippen LogP contribution in [-0.4, -0.2) is 24.1 Å². The second-order valence-electron chi connectivity index (χ2n) is 5.45. The molecule has 4 nitrogen and oxygen atoms in total. The molecule has 0 aliphatic carbocycles. The summed E-state index contributed by atoms with van der Waals surface area (Å²) in [7, 11) is 0. The zero-order valence-corrected chi connectivity index (χ0v) is 13.0. The summed E-state index contributed by atoms with van der Waals surface area (Å²) >= 11 is 0. The normalized spacial score (nSPS) is 13.6. The summed E-state index contributed by atoms with van der Waals surface area (Å²) in [5, 5.41) is 0. The maximum absolute atomic E-state index is 13.4. The highest BCUT2D eigenvalue weighted by molar-refractivity contribution is 5.87. The SMILES string of the molecule is CCOC(=O)c1cc2c(cn1)CN(c1cc(F)c(F)c(F)c1)CC2. The maximum Gasteiger partial charge on any atom is 0.356 e. The Labute approximate surface area is 136 Å². The van der Waals surface area contributed by atoms with Crippen LogP contribution in [0.2, 0.25) is 0 Å². The highest BCUT2D eigenvalue weighted by Crippen LogP contribution is 2.27. The summed E-state index contributed by atoms with van der Waals surface area (Å²) in [5.74, 6) is -4.39. The molecule has 1 aromatic heterocycles. The molecule has 1 aliphatic rings. The van der Waals surface area contributed by atoms with E-state index in [4.69, 9.17) is 4.74 Å². The van der Waals surface area contributed by atoms with Crippen LogP contribution in [0.4, 0.5) is 18.9 Å². The first-order valence-electron chi connectivity index (χ1n) is 7.54. The zero-order valence-electron chi connectivity index (χ0n) is 13.0. The molecule has 0 atom stereocenters. The van der Waals surface area contributed by atoms with E-state index in [0.29, 0.717) is 19.5 Å². The first-order valence-corrected chi connectivity index (χ1v) is 7.54. The van der Waals surface area contributed by atoms with Crippen molar-refractivity contribution >= 4 is 11.7 Å². The second-order valence-corrected chi connectivity index (χ2v) is 5.45. The molecule has 0 saturated heterocycles. The van der Waals surface area contributed by atoms with Gasteiger partial charge in [0.2, 0.25) is 0 Å². The minimum absolute atomic E-state index is 0.239. The Morgan fingerprint density at radius 3 is 2.58 bits per heavy atom. The highest BCUT2D eigenvalue weighted by atomic mass is 19.2. The van der Waals surface area contributed by atoms with Gasteiger partial charge < -0.3 is 9.64 Å². The number of ether oxygens (including phenoxy) is 1. The fourth-order valence-corrected chi connectivity index (χ4v) is 2.70. The van der Waals surface area contributed by atoms with Gasteiger partial charge in [0.05, 0.1) is 6.61 Å². The van der Waals surface area contributed by atoms with Gasteiger partial charge in [0.1, 0.15) is 5.69 Å². The second kappa shape index (κ2) is 6.51. The Morgan fingerprint density at radius 2 is 1.92 bits per heavy atom. The number of benzene rings is 1. The van der Waals surface area contributed by atoms with Gasteiger partial charge in [-0.3, -0.25) is 0 Å². The van der Waals surface area contributed by atoms with Crippen LogP contribution < -0.4 is 4.90 Å². The molecule has 0 bridgehead atoms. The minimum atomic E-state index is -1.48. The number of aromatic nitrogens is 1. The predicted molar refractivity (Wildman–Crippen MR) is 81.3 cm³/mol. The molecule has 0 amide bonds. The molecule has 1 aromatic carbocycles. The number of carbonyl (C=O) groups excluding carboxylic acids is 1. The molecule has 2 heterocycles. The average molecular weight is 336 g/mol. The van der Waals surface area contributed by atoms with E-state index < -0.39 is 23.4 Å². The predicted octanol–water partition coefficient (Wildman–Crippen LogP) is 3.24. The van der Waals surface area contributed by atoms with Gasteiger partial charge in [-0.25, -0.2) is 22.9 Å². The molecule has 126 valence electrons. The molecule has 3 rings (SSSR count). The van der Waals surface area contributed by atoms with E-state index in [-0.39, 0.29) is 18.0 Å². The van der Waals surface area contributed by atoms with Crippen LogP contribution >= 0.6 is 0 Å². The van der Waals surface area contributed by atoms with Crippen molar-refractivity contribution in [3.8, 4) is 0 Å². The fraction of sp³-hybridized carbons (Fsp3) is 0.294. The molecule has 0 spiro atoms. The number of hydrogen-bond donors (Lipinski definition) is 0. The van der Waals surface area contributed by atoms with Gasteiger partial charge in [-0.15, -0.1) is 0 Å². The first kappa shape index (κ1) is 16.3. The standard InChI is InChI=1S/C17H15F3N2O2/c1-2-24-17(23)15-5-10-3-4-22(9-11(10)8-21-15)12-6-13(18)16(20)14(19)7-12/h5-8H,2-4,9H2,1H3. The first-order chi connectivity index (χ1) is 11.5. The molecule has 0 fully saturated rings. The lowest BCUT2D eigenvalue weighted by atomic mass is 10.0. The molecule has 1 aliphatic heterocycles. The summed E-state index contributed by atoms with van der Waals surface area (Å²) < 4.78 is 44.8.